The number of hydrogen-bond acceptors (Lipinski definition) is 8. The number of carbonyl (C=O) groups is 2. The second-order valence-electron chi connectivity index (χ2n) is 8.00. The Morgan fingerprint density at radius 1 is 0.889 bits per heavy atom. The van der Waals surface area contributed by atoms with Crippen molar-refractivity contribution in [1.82, 2.24) is 8.96 Å². The third-order valence-corrected chi connectivity index (χ3v) is 7.52. The van der Waals surface area contributed by atoms with Crippen molar-refractivity contribution in [2.45, 2.75) is 11.8 Å². The van der Waals surface area contributed by atoms with Crippen LogP contribution in [0, 0.1) is 6.92 Å². The molecule has 0 bridgehead atoms. The van der Waals surface area contributed by atoms with E-state index in [0.29, 0.717) is 16.3 Å². The monoisotopic (exact) mass is 504 g/mol. The number of benzene rings is 2. The number of ether oxygens (including phenoxy) is 2. The van der Waals surface area contributed by atoms with E-state index >= 15 is 0 Å². The van der Waals surface area contributed by atoms with Crippen LogP contribution in [0.5, 0.6) is 0 Å². The van der Waals surface area contributed by atoms with Crippen molar-refractivity contribution in [2.24, 2.45) is 0 Å². The van der Waals surface area contributed by atoms with Gasteiger partial charge >= 0.3 is 11.9 Å². The van der Waals surface area contributed by atoms with Crippen LogP contribution in [-0.4, -0.2) is 43.5 Å². The van der Waals surface area contributed by atoms with Gasteiger partial charge in [0.25, 0.3) is 10.0 Å². The van der Waals surface area contributed by atoms with E-state index in [4.69, 9.17) is 13.9 Å². The highest BCUT2D eigenvalue weighted by atomic mass is 32.2. The molecule has 5 aromatic rings. The molecular formula is C26H20N2O7S. The number of pyridine rings is 1. The van der Waals surface area contributed by atoms with E-state index in [1.165, 1.54) is 48.5 Å². The summed E-state index contributed by atoms with van der Waals surface area (Å²) in [7, 11) is -1.69. The molecule has 5 rings (SSSR count). The minimum absolute atomic E-state index is 0.0494. The summed E-state index contributed by atoms with van der Waals surface area (Å²) >= 11 is 0. The first kappa shape index (κ1) is 23.3. The lowest BCUT2D eigenvalue weighted by atomic mass is 10.1. The molecule has 0 spiro atoms. The summed E-state index contributed by atoms with van der Waals surface area (Å²) in [5.41, 5.74) is 1.49. The van der Waals surface area contributed by atoms with Gasteiger partial charge in [0.15, 0.2) is 5.76 Å². The lowest BCUT2D eigenvalue weighted by molar-refractivity contribution is 0.0563. The maximum Gasteiger partial charge on any atom is 0.373 e. The molecule has 0 saturated carbocycles. The predicted octanol–water partition coefficient (Wildman–Crippen LogP) is 4.57. The van der Waals surface area contributed by atoms with Crippen LogP contribution in [0.2, 0.25) is 0 Å². The van der Waals surface area contributed by atoms with E-state index in [-0.39, 0.29) is 33.3 Å². The van der Waals surface area contributed by atoms with Gasteiger partial charge in [-0.05, 0) is 43.3 Å². The number of esters is 2. The molecule has 2 aromatic carbocycles. The summed E-state index contributed by atoms with van der Waals surface area (Å²) in [4.78, 5) is 29.0. The molecule has 36 heavy (non-hydrogen) atoms. The zero-order valence-electron chi connectivity index (χ0n) is 19.5. The number of hydrogen-bond donors (Lipinski definition) is 0. The average Bonchev–Trinajstić information content (AvgIpc) is 3.51. The molecule has 0 aliphatic heterocycles. The summed E-state index contributed by atoms with van der Waals surface area (Å²) < 4.78 is 44.4. The number of furan rings is 1. The van der Waals surface area contributed by atoms with E-state index in [1.54, 1.807) is 36.4 Å². The van der Waals surface area contributed by atoms with Crippen LogP contribution in [-0.2, 0) is 19.5 Å². The van der Waals surface area contributed by atoms with Gasteiger partial charge in [-0.3, -0.25) is 0 Å². The summed E-state index contributed by atoms with van der Waals surface area (Å²) in [6.07, 6.45) is 0. The predicted molar refractivity (Wildman–Crippen MR) is 131 cm³/mol. The van der Waals surface area contributed by atoms with Crippen molar-refractivity contribution in [3.05, 3.63) is 83.7 Å². The molecule has 3 aromatic heterocycles. The number of aromatic nitrogens is 2. The summed E-state index contributed by atoms with van der Waals surface area (Å²) in [6.45, 7) is 1.86. The molecule has 0 amide bonds. The van der Waals surface area contributed by atoms with Gasteiger partial charge in [0, 0.05) is 10.8 Å². The Morgan fingerprint density at radius 3 is 2.28 bits per heavy atom. The van der Waals surface area contributed by atoms with Crippen LogP contribution in [0.15, 0.2) is 76.0 Å². The first-order valence-electron chi connectivity index (χ1n) is 10.8. The third kappa shape index (κ3) is 3.62. The van der Waals surface area contributed by atoms with E-state index in [1.807, 2.05) is 6.92 Å². The SMILES string of the molecule is COC(=O)c1cc2c3ccccc3n(S(=O)(=O)c3ccc(C)cc3)c2c(-c2ccc(C(=O)OC)o2)n1. The van der Waals surface area contributed by atoms with Crippen LogP contribution in [0.4, 0.5) is 0 Å². The number of para-hydroxylation sites is 1. The summed E-state index contributed by atoms with van der Waals surface area (Å²) in [6, 6.07) is 17.7. The van der Waals surface area contributed by atoms with Crippen molar-refractivity contribution >= 4 is 43.8 Å². The molecule has 0 radical (unpaired) electrons. The normalized spacial score (nSPS) is 11.6. The highest BCUT2D eigenvalue weighted by molar-refractivity contribution is 7.90. The smallest absolute Gasteiger partial charge is 0.373 e. The van der Waals surface area contributed by atoms with Crippen molar-refractivity contribution in [3.63, 3.8) is 0 Å². The molecule has 0 fully saturated rings. The minimum Gasteiger partial charge on any atom is -0.464 e. The number of aryl methyl sites for hydroxylation is 1. The Morgan fingerprint density at radius 2 is 1.58 bits per heavy atom. The quantitative estimate of drug-likeness (QED) is 0.320. The fraction of sp³-hybridized carbons (Fsp3) is 0.115. The Hall–Kier alpha value is -4.44. The molecule has 182 valence electrons. The topological polar surface area (TPSA) is 118 Å². The second-order valence-corrected chi connectivity index (χ2v) is 9.79. The van der Waals surface area contributed by atoms with Crippen LogP contribution >= 0.6 is 0 Å². The van der Waals surface area contributed by atoms with Crippen LogP contribution < -0.4 is 0 Å². The standard InChI is InChI=1S/C26H20N2O7S/c1-15-8-10-16(11-9-15)36(31,32)28-20-7-5-4-6-17(20)18-14-19(25(29)33-2)27-23(24(18)28)21-12-13-22(35-21)26(30)34-3/h4-14H,1-3H3. The van der Waals surface area contributed by atoms with Crippen molar-refractivity contribution in [2.75, 3.05) is 14.2 Å². The van der Waals surface area contributed by atoms with Crippen LogP contribution in [0.25, 0.3) is 33.3 Å². The number of nitrogens with zero attached hydrogens (tertiary/aromatic N) is 2. The van der Waals surface area contributed by atoms with Gasteiger partial charge in [0.2, 0.25) is 5.76 Å². The van der Waals surface area contributed by atoms with Crippen molar-refractivity contribution in [1.29, 1.82) is 0 Å². The maximum absolute atomic E-state index is 14.0. The molecule has 0 atom stereocenters. The zero-order chi connectivity index (χ0) is 25.6. The number of methoxy groups -OCH3 is 2. The van der Waals surface area contributed by atoms with E-state index < -0.39 is 22.0 Å². The molecule has 0 saturated heterocycles. The third-order valence-electron chi connectivity index (χ3n) is 5.79. The number of carbonyl (C=O) groups excluding carboxylic acids is 2. The average molecular weight is 505 g/mol. The van der Waals surface area contributed by atoms with Crippen molar-refractivity contribution < 1.29 is 31.9 Å². The summed E-state index contributed by atoms with van der Waals surface area (Å²) in [5, 5.41) is 1.03. The van der Waals surface area contributed by atoms with Gasteiger partial charge in [0.1, 0.15) is 11.4 Å². The Kier molecular flexibility index (Phi) is 5.60. The van der Waals surface area contributed by atoms with Gasteiger partial charge in [-0.1, -0.05) is 35.9 Å². The fourth-order valence-corrected chi connectivity index (χ4v) is 5.60. The molecule has 9 nitrogen and oxygen atoms in total. The molecule has 0 aliphatic rings. The minimum atomic E-state index is -4.12. The van der Waals surface area contributed by atoms with E-state index in [0.717, 1.165) is 5.56 Å². The molecule has 0 unspecified atom stereocenters. The lowest BCUT2D eigenvalue weighted by Gasteiger charge is -2.12. The van der Waals surface area contributed by atoms with E-state index in [2.05, 4.69) is 4.98 Å². The molecule has 3 heterocycles. The van der Waals surface area contributed by atoms with Gasteiger partial charge < -0.3 is 13.9 Å². The summed E-state index contributed by atoms with van der Waals surface area (Å²) in [5.74, 6) is -1.45. The molecule has 0 N–H and O–H groups in total. The number of rotatable bonds is 5. The zero-order valence-corrected chi connectivity index (χ0v) is 20.3. The van der Waals surface area contributed by atoms with Gasteiger partial charge in [0.05, 0.1) is 30.1 Å². The van der Waals surface area contributed by atoms with Crippen LogP contribution in [0.3, 0.4) is 0 Å². The Balaban J connectivity index is 1.93. The first-order chi connectivity index (χ1) is 17.3. The van der Waals surface area contributed by atoms with Crippen molar-refractivity contribution in [3.8, 4) is 11.5 Å². The second kappa shape index (κ2) is 8.65. The van der Waals surface area contributed by atoms with Gasteiger partial charge in [-0.2, -0.15) is 0 Å². The molecular weight excluding hydrogens is 484 g/mol. The van der Waals surface area contributed by atoms with E-state index in [9.17, 15) is 18.0 Å². The molecule has 10 heteroatoms. The highest BCUT2D eigenvalue weighted by Crippen LogP contribution is 2.38. The van der Waals surface area contributed by atoms with Crippen LogP contribution in [0.1, 0.15) is 26.6 Å². The maximum atomic E-state index is 14.0. The van der Waals surface area contributed by atoms with Gasteiger partial charge in [-0.15, -0.1) is 0 Å². The Bertz CT molecular complexity index is 1760. The fourth-order valence-electron chi connectivity index (χ4n) is 4.07. The number of fused-ring (bicyclic) bond motifs is 3. The Labute approximate surface area is 205 Å². The highest BCUT2D eigenvalue weighted by Gasteiger charge is 2.29. The molecule has 0 aliphatic carbocycles. The largest absolute Gasteiger partial charge is 0.464 e. The lowest BCUT2D eigenvalue weighted by Crippen LogP contribution is -2.14. The first-order valence-corrected chi connectivity index (χ1v) is 12.2. The van der Waals surface area contributed by atoms with Gasteiger partial charge in [-0.25, -0.2) is 27.0 Å².